The highest BCUT2D eigenvalue weighted by atomic mass is 32.2. The van der Waals surface area contributed by atoms with E-state index in [4.69, 9.17) is 0 Å². The topological polar surface area (TPSA) is 17.1 Å². The van der Waals surface area contributed by atoms with Gasteiger partial charge < -0.3 is 0 Å². The van der Waals surface area contributed by atoms with Crippen LogP contribution in [-0.4, -0.2) is 10.9 Å². The monoisotopic (exact) mass is 258 g/mol. The van der Waals surface area contributed by atoms with E-state index in [0.29, 0.717) is 11.5 Å². The van der Waals surface area contributed by atoms with Crippen molar-refractivity contribution in [2.75, 3.05) is 5.75 Å². The molecule has 2 heteroatoms. The Kier molecular flexibility index (Phi) is 14.1. The van der Waals surface area contributed by atoms with Crippen LogP contribution in [0.4, 0.5) is 0 Å². The summed E-state index contributed by atoms with van der Waals surface area (Å²) >= 11 is 1.51. The molecule has 0 saturated carbocycles. The predicted molar refractivity (Wildman–Crippen MR) is 79.6 cm³/mol. The Labute approximate surface area is 112 Å². The number of carbonyl (C=O) groups excluding carboxylic acids is 1. The lowest BCUT2D eigenvalue weighted by Crippen LogP contribution is -1.90. The lowest BCUT2D eigenvalue weighted by molar-refractivity contribution is -0.110. The van der Waals surface area contributed by atoms with Gasteiger partial charge in [-0.05, 0) is 6.42 Å². The third kappa shape index (κ3) is 14.0. The number of rotatable bonds is 12. The zero-order chi connectivity index (χ0) is 12.8. The van der Waals surface area contributed by atoms with Crippen molar-refractivity contribution in [2.24, 2.45) is 0 Å². The van der Waals surface area contributed by atoms with Gasteiger partial charge in [-0.25, -0.2) is 0 Å². The minimum atomic E-state index is 0.348. The van der Waals surface area contributed by atoms with Crippen molar-refractivity contribution in [1.29, 1.82) is 0 Å². The Bertz CT molecular complexity index is 168. The summed E-state index contributed by atoms with van der Waals surface area (Å²) in [6.07, 6.45) is 14.4. The highest BCUT2D eigenvalue weighted by molar-refractivity contribution is 8.13. The zero-order valence-corrected chi connectivity index (χ0v) is 12.6. The Morgan fingerprint density at radius 1 is 0.765 bits per heavy atom. The van der Waals surface area contributed by atoms with E-state index in [2.05, 4.69) is 6.92 Å². The minimum Gasteiger partial charge on any atom is -0.287 e. The van der Waals surface area contributed by atoms with Crippen molar-refractivity contribution >= 4 is 16.9 Å². The predicted octanol–water partition coefficient (Wildman–Crippen LogP) is 5.58. The maximum Gasteiger partial charge on any atom is 0.188 e. The molecule has 0 rings (SSSR count). The largest absolute Gasteiger partial charge is 0.287 e. The molecule has 0 aliphatic heterocycles. The first-order valence-electron chi connectivity index (χ1n) is 7.46. The molecule has 0 aliphatic carbocycles. The molecule has 0 fully saturated rings. The van der Waals surface area contributed by atoms with Crippen LogP contribution < -0.4 is 0 Å². The number of thioether (sulfide) groups is 1. The average Bonchev–Trinajstić information content (AvgIpc) is 2.35. The third-order valence-electron chi connectivity index (χ3n) is 3.05. The van der Waals surface area contributed by atoms with Crippen molar-refractivity contribution in [3.63, 3.8) is 0 Å². The minimum absolute atomic E-state index is 0.348. The molecule has 0 aromatic rings. The summed E-state index contributed by atoms with van der Waals surface area (Å²) < 4.78 is 0. The molecule has 0 aliphatic rings. The van der Waals surface area contributed by atoms with Crippen LogP contribution in [0.15, 0.2) is 0 Å². The van der Waals surface area contributed by atoms with Crippen LogP contribution in [-0.2, 0) is 4.79 Å². The molecule has 0 aromatic heterocycles. The fourth-order valence-electron chi connectivity index (χ4n) is 1.88. The van der Waals surface area contributed by atoms with Gasteiger partial charge >= 0.3 is 0 Å². The van der Waals surface area contributed by atoms with Crippen molar-refractivity contribution in [3.8, 4) is 0 Å². The number of hydrogen-bond donors (Lipinski definition) is 0. The lowest BCUT2D eigenvalue weighted by atomic mass is 10.1. The normalized spacial score (nSPS) is 10.7. The van der Waals surface area contributed by atoms with Gasteiger partial charge in [0, 0.05) is 12.2 Å². The maximum absolute atomic E-state index is 11.0. The first-order valence-corrected chi connectivity index (χ1v) is 8.45. The maximum atomic E-state index is 11.0. The van der Waals surface area contributed by atoms with E-state index in [1.165, 1.54) is 76.0 Å². The fourth-order valence-corrected chi connectivity index (χ4v) is 2.66. The Balaban J connectivity index is 2.96. The Morgan fingerprint density at radius 2 is 1.24 bits per heavy atom. The van der Waals surface area contributed by atoms with Crippen LogP contribution in [0.5, 0.6) is 0 Å². The molecule has 0 unspecified atom stereocenters. The van der Waals surface area contributed by atoms with E-state index in [1.807, 2.05) is 6.92 Å². The van der Waals surface area contributed by atoms with Crippen molar-refractivity contribution < 1.29 is 4.79 Å². The molecule has 1 nitrogen and oxygen atoms in total. The van der Waals surface area contributed by atoms with Crippen LogP contribution in [0.1, 0.15) is 84.5 Å². The molecule has 0 atom stereocenters. The summed E-state index contributed by atoms with van der Waals surface area (Å²) in [5.41, 5.74) is 0. The van der Waals surface area contributed by atoms with E-state index in [1.54, 1.807) is 0 Å². The van der Waals surface area contributed by atoms with E-state index in [9.17, 15) is 4.79 Å². The van der Waals surface area contributed by atoms with Gasteiger partial charge in [0.05, 0.1) is 0 Å². The van der Waals surface area contributed by atoms with Gasteiger partial charge in [-0.1, -0.05) is 83.4 Å². The van der Waals surface area contributed by atoms with Gasteiger partial charge in [0.15, 0.2) is 5.12 Å². The molecule has 0 radical (unpaired) electrons. The average molecular weight is 258 g/mol. The van der Waals surface area contributed by atoms with Gasteiger partial charge in [0.2, 0.25) is 0 Å². The summed E-state index contributed by atoms with van der Waals surface area (Å²) in [4.78, 5) is 11.0. The van der Waals surface area contributed by atoms with E-state index < -0.39 is 0 Å². The second-order valence-corrected chi connectivity index (χ2v) is 5.91. The second-order valence-electron chi connectivity index (χ2n) is 4.76. The van der Waals surface area contributed by atoms with Gasteiger partial charge in [-0.2, -0.15) is 0 Å². The van der Waals surface area contributed by atoms with Crippen LogP contribution in [0.2, 0.25) is 0 Å². The number of hydrogen-bond acceptors (Lipinski definition) is 2. The molecule has 0 aromatic carbocycles. The first-order chi connectivity index (χ1) is 8.31. The highest BCUT2D eigenvalue weighted by Gasteiger charge is 1.98. The quantitative estimate of drug-likeness (QED) is 0.425. The van der Waals surface area contributed by atoms with Crippen LogP contribution >= 0.6 is 11.8 Å². The van der Waals surface area contributed by atoms with Crippen molar-refractivity contribution in [1.82, 2.24) is 0 Å². The fraction of sp³-hybridized carbons (Fsp3) is 0.933. The molecule has 17 heavy (non-hydrogen) atoms. The summed E-state index contributed by atoms with van der Waals surface area (Å²) in [7, 11) is 0. The molecular weight excluding hydrogens is 228 g/mol. The van der Waals surface area contributed by atoms with E-state index in [0.717, 1.165) is 5.75 Å². The molecule has 0 N–H and O–H groups in total. The summed E-state index contributed by atoms with van der Waals surface area (Å²) in [5, 5.41) is 0.348. The number of carbonyl (C=O) groups is 1. The standard InChI is InChI=1S/C15H30OS/c1-3-5-6-7-8-9-10-11-12-13-14-17-15(16)4-2/h3-14H2,1-2H3. The third-order valence-corrected chi connectivity index (χ3v) is 4.15. The Hall–Kier alpha value is 0.0200. The van der Waals surface area contributed by atoms with Gasteiger partial charge in [-0.15, -0.1) is 0 Å². The SMILES string of the molecule is CCCCCCCCCCCCSC(=O)CC. The Morgan fingerprint density at radius 3 is 1.71 bits per heavy atom. The molecule has 0 saturated heterocycles. The molecule has 0 spiro atoms. The zero-order valence-electron chi connectivity index (χ0n) is 11.8. The van der Waals surface area contributed by atoms with Crippen molar-refractivity contribution in [2.45, 2.75) is 84.5 Å². The molecule has 0 bridgehead atoms. The smallest absolute Gasteiger partial charge is 0.188 e. The van der Waals surface area contributed by atoms with Gasteiger partial charge in [0.1, 0.15) is 0 Å². The molecular formula is C15H30OS. The van der Waals surface area contributed by atoms with Crippen molar-refractivity contribution in [3.05, 3.63) is 0 Å². The van der Waals surface area contributed by atoms with Crippen LogP contribution in [0.3, 0.4) is 0 Å². The molecule has 0 heterocycles. The molecule has 0 amide bonds. The number of unbranched alkanes of at least 4 members (excludes halogenated alkanes) is 9. The van der Waals surface area contributed by atoms with Crippen LogP contribution in [0.25, 0.3) is 0 Å². The van der Waals surface area contributed by atoms with Gasteiger partial charge in [-0.3, -0.25) is 4.79 Å². The van der Waals surface area contributed by atoms with Crippen LogP contribution in [0, 0.1) is 0 Å². The highest BCUT2D eigenvalue weighted by Crippen LogP contribution is 2.13. The van der Waals surface area contributed by atoms with Gasteiger partial charge in [0.25, 0.3) is 0 Å². The summed E-state index contributed by atoms with van der Waals surface area (Å²) in [6.45, 7) is 4.20. The molecule has 102 valence electrons. The summed E-state index contributed by atoms with van der Waals surface area (Å²) in [6, 6.07) is 0. The lowest BCUT2D eigenvalue weighted by Gasteiger charge is -2.02. The van der Waals surface area contributed by atoms with E-state index >= 15 is 0 Å². The first kappa shape index (κ1) is 17.0. The summed E-state index contributed by atoms with van der Waals surface area (Å²) in [5.74, 6) is 1.03. The second kappa shape index (κ2) is 14.1. The van der Waals surface area contributed by atoms with E-state index in [-0.39, 0.29) is 0 Å².